The molecule has 4 heteroatoms. The molecule has 1 N–H and O–H groups in total. The van der Waals surface area contributed by atoms with Crippen LogP contribution in [0.2, 0.25) is 0 Å². The summed E-state index contributed by atoms with van der Waals surface area (Å²) >= 11 is 5.23. The summed E-state index contributed by atoms with van der Waals surface area (Å²) in [4.78, 5) is 5.98. The molecule has 2 aromatic rings. The molecule has 0 radical (unpaired) electrons. The second-order valence-electron chi connectivity index (χ2n) is 4.22. The van der Waals surface area contributed by atoms with Gasteiger partial charge in [0.15, 0.2) is 0 Å². The van der Waals surface area contributed by atoms with Crippen LogP contribution in [0, 0.1) is 0 Å². The number of aromatic nitrogens is 1. The zero-order valence-electron chi connectivity index (χ0n) is 9.37. The molecule has 0 saturated heterocycles. The summed E-state index contributed by atoms with van der Waals surface area (Å²) in [5.41, 5.74) is 2.71. The lowest BCUT2D eigenvalue weighted by Gasteiger charge is -2.06. The van der Waals surface area contributed by atoms with Crippen molar-refractivity contribution in [2.45, 2.75) is 25.8 Å². The maximum atomic E-state index is 4.66. The Morgan fingerprint density at radius 3 is 3.00 bits per heavy atom. The van der Waals surface area contributed by atoms with Crippen molar-refractivity contribution in [3.8, 4) is 0 Å². The summed E-state index contributed by atoms with van der Waals surface area (Å²) in [6, 6.07) is 8.52. The standard InChI is InChI=1S/C13H13BrN2S/c14-12-6-5-10(17-12)8-15-13-7-4-9-2-1-3-11(9)16-13/h4-7H,1-3,8H2,(H,15,16). The molecule has 1 aliphatic rings. The number of nitrogens with zero attached hydrogens (tertiary/aromatic N) is 1. The van der Waals surface area contributed by atoms with Gasteiger partial charge in [0.2, 0.25) is 0 Å². The minimum Gasteiger partial charge on any atom is -0.365 e. The van der Waals surface area contributed by atoms with Crippen molar-refractivity contribution in [3.05, 3.63) is 44.2 Å². The highest BCUT2D eigenvalue weighted by atomic mass is 79.9. The average Bonchev–Trinajstić information content (AvgIpc) is 2.94. The molecule has 0 bridgehead atoms. The smallest absolute Gasteiger partial charge is 0.126 e. The molecule has 0 aliphatic heterocycles. The second-order valence-corrected chi connectivity index (χ2v) is 6.76. The van der Waals surface area contributed by atoms with Gasteiger partial charge in [-0.25, -0.2) is 4.98 Å². The van der Waals surface area contributed by atoms with Crippen LogP contribution < -0.4 is 5.32 Å². The largest absolute Gasteiger partial charge is 0.365 e. The van der Waals surface area contributed by atoms with Gasteiger partial charge in [-0.2, -0.15) is 0 Å². The quantitative estimate of drug-likeness (QED) is 0.927. The third kappa shape index (κ3) is 2.53. The van der Waals surface area contributed by atoms with Gasteiger partial charge < -0.3 is 5.32 Å². The first-order valence-corrected chi connectivity index (χ1v) is 7.39. The van der Waals surface area contributed by atoms with Crippen molar-refractivity contribution in [1.82, 2.24) is 4.98 Å². The molecule has 17 heavy (non-hydrogen) atoms. The number of thiophene rings is 1. The van der Waals surface area contributed by atoms with Crippen molar-refractivity contribution < 1.29 is 0 Å². The third-order valence-corrected chi connectivity index (χ3v) is 4.62. The third-order valence-electron chi connectivity index (χ3n) is 3.00. The first-order valence-electron chi connectivity index (χ1n) is 5.78. The molecular formula is C13H13BrN2S. The Hall–Kier alpha value is -0.870. The number of hydrogen-bond donors (Lipinski definition) is 1. The summed E-state index contributed by atoms with van der Waals surface area (Å²) in [6.45, 7) is 0.849. The van der Waals surface area contributed by atoms with Crippen LogP contribution in [0.25, 0.3) is 0 Å². The van der Waals surface area contributed by atoms with Gasteiger partial charge in [0.05, 0.1) is 10.3 Å². The Balaban J connectivity index is 1.69. The van der Waals surface area contributed by atoms with Crippen LogP contribution >= 0.6 is 27.3 Å². The van der Waals surface area contributed by atoms with Gasteiger partial charge in [-0.3, -0.25) is 0 Å². The van der Waals surface area contributed by atoms with Gasteiger partial charge in [0.1, 0.15) is 5.82 Å². The van der Waals surface area contributed by atoms with Gasteiger partial charge in [-0.05, 0) is 59.0 Å². The van der Waals surface area contributed by atoms with Crippen LogP contribution in [0.15, 0.2) is 28.1 Å². The van der Waals surface area contributed by atoms with Gasteiger partial charge in [0.25, 0.3) is 0 Å². The fraction of sp³-hybridized carbons (Fsp3) is 0.308. The number of pyridine rings is 1. The maximum absolute atomic E-state index is 4.66. The highest BCUT2D eigenvalue weighted by molar-refractivity contribution is 9.11. The first kappa shape index (κ1) is 11.2. The van der Waals surface area contributed by atoms with E-state index in [0.29, 0.717) is 0 Å². The normalized spacial score (nSPS) is 13.7. The molecule has 88 valence electrons. The zero-order valence-corrected chi connectivity index (χ0v) is 11.8. The number of halogens is 1. The van der Waals surface area contributed by atoms with Crippen LogP contribution in [0.5, 0.6) is 0 Å². The SMILES string of the molecule is Brc1ccc(CNc2ccc3c(n2)CCC3)s1. The van der Waals surface area contributed by atoms with E-state index < -0.39 is 0 Å². The van der Waals surface area contributed by atoms with Gasteiger partial charge in [-0.15, -0.1) is 11.3 Å². The van der Waals surface area contributed by atoms with E-state index in [1.165, 1.54) is 32.8 Å². The minimum atomic E-state index is 0.849. The van der Waals surface area contributed by atoms with Crippen molar-refractivity contribution in [1.29, 1.82) is 0 Å². The molecule has 0 atom stereocenters. The first-order chi connectivity index (χ1) is 8.31. The van der Waals surface area contributed by atoms with Gasteiger partial charge in [-0.1, -0.05) is 6.07 Å². The lowest BCUT2D eigenvalue weighted by Crippen LogP contribution is -2.01. The maximum Gasteiger partial charge on any atom is 0.126 e. The highest BCUT2D eigenvalue weighted by Crippen LogP contribution is 2.24. The molecule has 3 rings (SSSR count). The molecule has 1 aliphatic carbocycles. The second kappa shape index (κ2) is 4.78. The number of fused-ring (bicyclic) bond motifs is 1. The zero-order chi connectivity index (χ0) is 11.7. The van der Waals surface area contributed by atoms with Crippen molar-refractivity contribution in [2.24, 2.45) is 0 Å². The van der Waals surface area contributed by atoms with E-state index in [1.807, 2.05) is 0 Å². The van der Waals surface area contributed by atoms with E-state index in [2.05, 4.69) is 50.5 Å². The van der Waals surface area contributed by atoms with E-state index in [9.17, 15) is 0 Å². The highest BCUT2D eigenvalue weighted by Gasteiger charge is 2.12. The molecule has 2 heterocycles. The Bertz CT molecular complexity index is 536. The summed E-state index contributed by atoms with van der Waals surface area (Å²) in [5, 5.41) is 3.38. The molecular weight excluding hydrogens is 296 g/mol. The summed E-state index contributed by atoms with van der Waals surface area (Å²) < 4.78 is 1.18. The Morgan fingerprint density at radius 1 is 1.24 bits per heavy atom. The van der Waals surface area contributed by atoms with Gasteiger partial charge >= 0.3 is 0 Å². The van der Waals surface area contributed by atoms with E-state index in [1.54, 1.807) is 11.3 Å². The Labute approximate surface area is 113 Å². The predicted molar refractivity (Wildman–Crippen MR) is 75.6 cm³/mol. The number of hydrogen-bond acceptors (Lipinski definition) is 3. The molecule has 0 fully saturated rings. The van der Waals surface area contributed by atoms with Crippen LogP contribution in [0.1, 0.15) is 22.6 Å². The monoisotopic (exact) mass is 308 g/mol. The topological polar surface area (TPSA) is 24.9 Å². The predicted octanol–water partition coefficient (Wildman–Crippen LogP) is 4.01. The molecule has 2 nitrogen and oxygen atoms in total. The van der Waals surface area contributed by atoms with Gasteiger partial charge in [0, 0.05) is 10.6 Å². The number of rotatable bonds is 3. The van der Waals surface area contributed by atoms with Crippen molar-refractivity contribution in [2.75, 3.05) is 5.32 Å². The van der Waals surface area contributed by atoms with E-state index in [0.717, 1.165) is 18.8 Å². The van der Waals surface area contributed by atoms with Crippen LogP contribution in [-0.2, 0) is 19.4 Å². The Kier molecular flexibility index (Phi) is 3.16. The van der Waals surface area contributed by atoms with Crippen molar-refractivity contribution in [3.63, 3.8) is 0 Å². The number of nitrogens with one attached hydrogen (secondary N) is 1. The fourth-order valence-corrected chi connectivity index (χ4v) is 3.57. The molecule has 0 spiro atoms. The average molecular weight is 309 g/mol. The van der Waals surface area contributed by atoms with E-state index >= 15 is 0 Å². The van der Waals surface area contributed by atoms with E-state index in [-0.39, 0.29) is 0 Å². The van der Waals surface area contributed by atoms with Crippen molar-refractivity contribution >= 4 is 33.1 Å². The number of aryl methyl sites for hydroxylation is 2. The van der Waals surface area contributed by atoms with Crippen LogP contribution in [0.3, 0.4) is 0 Å². The lowest BCUT2D eigenvalue weighted by atomic mass is 10.2. The molecule has 2 aromatic heterocycles. The summed E-state index contributed by atoms with van der Waals surface area (Å²) in [7, 11) is 0. The molecule has 0 unspecified atom stereocenters. The molecule has 0 amide bonds. The molecule has 0 aromatic carbocycles. The fourth-order valence-electron chi connectivity index (χ4n) is 2.14. The lowest BCUT2D eigenvalue weighted by molar-refractivity contribution is 0.899. The molecule has 0 saturated carbocycles. The summed E-state index contributed by atoms with van der Waals surface area (Å²) in [5.74, 6) is 0.996. The van der Waals surface area contributed by atoms with Crippen LogP contribution in [0.4, 0.5) is 5.82 Å². The summed E-state index contributed by atoms with van der Waals surface area (Å²) in [6.07, 6.45) is 3.58. The van der Waals surface area contributed by atoms with E-state index in [4.69, 9.17) is 0 Å². The Morgan fingerprint density at radius 2 is 2.18 bits per heavy atom. The number of anilines is 1. The van der Waals surface area contributed by atoms with Crippen LogP contribution in [-0.4, -0.2) is 4.98 Å². The minimum absolute atomic E-state index is 0.849.